The van der Waals surface area contributed by atoms with Crippen LogP contribution >= 0.6 is 0 Å². The molecule has 2 aliphatic carbocycles. The molecule has 0 radical (unpaired) electrons. The Bertz CT molecular complexity index is 852. The first-order chi connectivity index (χ1) is 18.2. The first kappa shape index (κ1) is 28.4. The van der Waals surface area contributed by atoms with Gasteiger partial charge in [-0.2, -0.15) is 0 Å². The quantitative estimate of drug-likeness (QED) is 0.389. The predicted molar refractivity (Wildman–Crippen MR) is 152 cm³/mol. The SMILES string of the molecule is CCC1CC(NC2CCCC(C(=O)N3CCC(NC(C)=O)C3)C2)CC(N(C)C2CCCC(C)C2)[N+]2(C)CC12. The first-order valence-corrected chi connectivity index (χ1v) is 16.1. The Hall–Kier alpha value is -1.18. The van der Waals surface area contributed by atoms with Gasteiger partial charge in [-0.3, -0.25) is 19.0 Å². The Morgan fingerprint density at radius 3 is 2.50 bits per heavy atom. The standard InChI is InChI=1S/C31H55N5O2/c1-6-23-16-27(18-30(36(5)20-29(23)36)34(4)28-12-7-9-21(2)15-28)33-25-11-8-10-24(17-25)31(38)35-14-13-26(19-35)32-22(3)37/h21,23-30,33H,6-20H2,1-5H3/p+1. The number of quaternary nitrogens is 1. The third-order valence-electron chi connectivity index (χ3n) is 11.4. The zero-order valence-corrected chi connectivity index (χ0v) is 25.0. The second-order valence-electron chi connectivity index (χ2n) is 14.2. The molecule has 10 unspecified atom stereocenters. The van der Waals surface area contributed by atoms with E-state index < -0.39 is 0 Å². The molecule has 0 aromatic rings. The summed E-state index contributed by atoms with van der Waals surface area (Å²) in [7, 11) is 4.98. The van der Waals surface area contributed by atoms with E-state index in [9.17, 15) is 9.59 Å². The summed E-state index contributed by atoms with van der Waals surface area (Å²) in [4.78, 5) is 29.7. The van der Waals surface area contributed by atoms with E-state index in [0.29, 0.717) is 30.7 Å². The Labute approximate surface area is 232 Å². The number of nitrogens with one attached hydrogen (secondary N) is 2. The summed E-state index contributed by atoms with van der Waals surface area (Å²) in [5, 5.41) is 7.17. The van der Waals surface area contributed by atoms with Crippen molar-refractivity contribution in [2.24, 2.45) is 17.8 Å². The van der Waals surface area contributed by atoms with Gasteiger partial charge in [0, 0.05) is 62.4 Å². The van der Waals surface area contributed by atoms with Crippen molar-refractivity contribution in [3.8, 4) is 0 Å². The van der Waals surface area contributed by atoms with Crippen LogP contribution < -0.4 is 10.6 Å². The number of nitrogens with zero attached hydrogens (tertiary/aromatic N) is 3. The highest BCUT2D eigenvalue weighted by Crippen LogP contribution is 2.47. The van der Waals surface area contributed by atoms with Crippen LogP contribution in [0.4, 0.5) is 0 Å². The number of hydrogen-bond acceptors (Lipinski definition) is 4. The highest BCUT2D eigenvalue weighted by atomic mass is 16.2. The van der Waals surface area contributed by atoms with Crippen molar-refractivity contribution in [2.75, 3.05) is 33.7 Å². The van der Waals surface area contributed by atoms with E-state index in [1.165, 1.54) is 62.4 Å². The second-order valence-corrected chi connectivity index (χ2v) is 14.2. The summed E-state index contributed by atoms with van der Waals surface area (Å²) < 4.78 is 1.26. The number of likely N-dealkylation sites (tertiary alicyclic amines) is 1. The van der Waals surface area contributed by atoms with Crippen LogP contribution in [0.25, 0.3) is 0 Å². The zero-order chi connectivity index (χ0) is 27.0. The third-order valence-corrected chi connectivity index (χ3v) is 11.4. The summed E-state index contributed by atoms with van der Waals surface area (Å²) in [6.45, 7) is 9.24. The van der Waals surface area contributed by atoms with E-state index in [0.717, 1.165) is 56.1 Å². The van der Waals surface area contributed by atoms with Crippen LogP contribution in [-0.4, -0.2) is 96.2 Å². The lowest BCUT2D eigenvalue weighted by molar-refractivity contribution is -0.837. The molecule has 2 N–H and O–H groups in total. The third kappa shape index (κ3) is 6.10. The molecule has 2 amide bonds. The Kier molecular flexibility index (Phi) is 8.76. The molecule has 10 atom stereocenters. The number of carbonyl (C=O) groups excluding carboxylic acids is 2. The van der Waals surface area contributed by atoms with E-state index in [1.807, 2.05) is 4.90 Å². The van der Waals surface area contributed by atoms with Crippen molar-refractivity contribution >= 4 is 11.8 Å². The number of carbonyl (C=O) groups is 2. The fraction of sp³-hybridized carbons (Fsp3) is 0.935. The van der Waals surface area contributed by atoms with Gasteiger partial charge in [0.05, 0.1) is 7.05 Å². The van der Waals surface area contributed by atoms with Gasteiger partial charge in [-0.25, -0.2) is 0 Å². The molecule has 5 fully saturated rings. The molecule has 3 aliphatic heterocycles. The summed E-state index contributed by atoms with van der Waals surface area (Å²) in [6.07, 6.45) is 15.1. The van der Waals surface area contributed by atoms with Crippen molar-refractivity contribution in [3.63, 3.8) is 0 Å². The minimum absolute atomic E-state index is 0.00655. The topological polar surface area (TPSA) is 64.7 Å². The fourth-order valence-electron chi connectivity index (χ4n) is 9.14. The molecule has 0 bridgehead atoms. The molecule has 7 heteroatoms. The van der Waals surface area contributed by atoms with E-state index >= 15 is 0 Å². The van der Waals surface area contributed by atoms with Crippen molar-refractivity contribution in [1.82, 2.24) is 20.4 Å². The lowest BCUT2D eigenvalue weighted by Crippen LogP contribution is -2.55. The predicted octanol–water partition coefficient (Wildman–Crippen LogP) is 3.73. The van der Waals surface area contributed by atoms with Crippen LogP contribution in [0.5, 0.6) is 0 Å². The molecule has 2 saturated carbocycles. The lowest BCUT2D eigenvalue weighted by atomic mass is 9.83. The van der Waals surface area contributed by atoms with Gasteiger partial charge in [0.1, 0.15) is 18.8 Å². The molecule has 7 nitrogen and oxygen atoms in total. The molecule has 5 rings (SSSR count). The molecule has 5 aliphatic rings. The Morgan fingerprint density at radius 1 is 0.974 bits per heavy atom. The average molecular weight is 531 g/mol. The van der Waals surface area contributed by atoms with E-state index in [1.54, 1.807) is 6.92 Å². The zero-order valence-electron chi connectivity index (χ0n) is 25.0. The van der Waals surface area contributed by atoms with Gasteiger partial charge in [0.25, 0.3) is 0 Å². The number of likely N-dealkylation sites (N-methyl/N-ethyl adjacent to an activating group) is 1. The lowest BCUT2D eigenvalue weighted by Gasteiger charge is -2.42. The molecule has 216 valence electrons. The van der Waals surface area contributed by atoms with Gasteiger partial charge in [-0.1, -0.05) is 33.1 Å². The van der Waals surface area contributed by atoms with E-state index in [4.69, 9.17) is 0 Å². The fourth-order valence-corrected chi connectivity index (χ4v) is 9.14. The largest absolute Gasteiger partial charge is 0.352 e. The minimum atomic E-state index is 0.00655. The molecule has 0 spiro atoms. The number of fused-ring (bicyclic) bond motifs is 1. The van der Waals surface area contributed by atoms with Crippen molar-refractivity contribution < 1.29 is 14.1 Å². The second kappa shape index (κ2) is 11.7. The molecule has 38 heavy (non-hydrogen) atoms. The maximum Gasteiger partial charge on any atom is 0.225 e. The van der Waals surface area contributed by atoms with Crippen LogP contribution in [0.1, 0.15) is 97.8 Å². The van der Waals surface area contributed by atoms with Gasteiger partial charge in [0.15, 0.2) is 0 Å². The molecule has 0 aromatic heterocycles. The summed E-state index contributed by atoms with van der Waals surface area (Å²) in [5.41, 5.74) is 0. The van der Waals surface area contributed by atoms with Gasteiger partial charge < -0.3 is 15.5 Å². The average Bonchev–Trinajstić information content (AvgIpc) is 3.39. The van der Waals surface area contributed by atoms with Crippen molar-refractivity contribution in [1.29, 1.82) is 0 Å². The highest BCUT2D eigenvalue weighted by Gasteiger charge is 2.63. The van der Waals surface area contributed by atoms with Gasteiger partial charge >= 0.3 is 0 Å². The number of hydrogen-bond donors (Lipinski definition) is 2. The van der Waals surface area contributed by atoms with Crippen LogP contribution in [0, 0.1) is 17.8 Å². The van der Waals surface area contributed by atoms with Crippen LogP contribution in [0.2, 0.25) is 0 Å². The summed E-state index contributed by atoms with van der Waals surface area (Å²) in [6, 6.07) is 2.68. The minimum Gasteiger partial charge on any atom is -0.352 e. The molecular weight excluding hydrogens is 474 g/mol. The van der Waals surface area contributed by atoms with Crippen LogP contribution in [0.15, 0.2) is 0 Å². The van der Waals surface area contributed by atoms with Gasteiger partial charge in [-0.05, 0) is 64.3 Å². The summed E-state index contributed by atoms with van der Waals surface area (Å²) >= 11 is 0. The number of amides is 2. The van der Waals surface area contributed by atoms with Crippen LogP contribution in [-0.2, 0) is 9.59 Å². The smallest absolute Gasteiger partial charge is 0.225 e. The maximum atomic E-state index is 13.4. The highest BCUT2D eigenvalue weighted by molar-refractivity contribution is 5.79. The van der Waals surface area contributed by atoms with Crippen molar-refractivity contribution in [2.45, 2.75) is 134 Å². The first-order valence-electron chi connectivity index (χ1n) is 16.1. The van der Waals surface area contributed by atoms with Gasteiger partial charge in [-0.15, -0.1) is 0 Å². The van der Waals surface area contributed by atoms with Gasteiger partial charge in [0.2, 0.25) is 11.8 Å². The maximum absolute atomic E-state index is 13.4. The molecule has 3 heterocycles. The van der Waals surface area contributed by atoms with Crippen LogP contribution in [0.3, 0.4) is 0 Å². The monoisotopic (exact) mass is 530 g/mol. The summed E-state index contributed by atoms with van der Waals surface area (Å²) in [5.74, 6) is 2.13. The molecule has 3 saturated heterocycles. The Morgan fingerprint density at radius 2 is 1.76 bits per heavy atom. The number of rotatable bonds is 7. The van der Waals surface area contributed by atoms with E-state index in [-0.39, 0.29) is 17.9 Å². The van der Waals surface area contributed by atoms with Crippen molar-refractivity contribution in [3.05, 3.63) is 0 Å². The molecule has 0 aromatic carbocycles. The molecular formula is C31H56N5O2+. The van der Waals surface area contributed by atoms with E-state index in [2.05, 4.69) is 43.5 Å². The Balaban J connectivity index is 1.21. The normalized spacial score (nSPS) is 43.4.